The van der Waals surface area contributed by atoms with Crippen molar-refractivity contribution in [3.8, 4) is 5.75 Å². The Kier molecular flexibility index (Phi) is 6.76. The lowest BCUT2D eigenvalue weighted by molar-refractivity contribution is -0.188. The number of hydrogen-bond donors (Lipinski definition) is 0. The third kappa shape index (κ3) is 5.41. The average molecular weight is 448 g/mol. The lowest BCUT2D eigenvalue weighted by Gasteiger charge is -2.37. The van der Waals surface area contributed by atoms with Gasteiger partial charge in [-0.15, -0.1) is 0 Å². The zero-order valence-corrected chi connectivity index (χ0v) is 19.5. The molecule has 4 rings (SSSR count). The highest BCUT2D eigenvalue weighted by molar-refractivity contribution is 5.84. The van der Waals surface area contributed by atoms with Crippen LogP contribution in [0.4, 0.5) is 13.2 Å². The van der Waals surface area contributed by atoms with Gasteiger partial charge in [0.25, 0.3) is 0 Å². The monoisotopic (exact) mass is 447 g/mol. The molecule has 1 saturated carbocycles. The minimum Gasteiger partial charge on any atom is -0.490 e. The number of nitrogens with zero attached hydrogens (tertiary/aromatic N) is 1. The second-order valence-corrected chi connectivity index (χ2v) is 10.8. The van der Waals surface area contributed by atoms with Crippen molar-refractivity contribution in [2.75, 3.05) is 13.1 Å². The van der Waals surface area contributed by atoms with Gasteiger partial charge in [0, 0.05) is 0 Å². The van der Waals surface area contributed by atoms with Gasteiger partial charge in [-0.2, -0.15) is 13.2 Å². The fraction of sp³-hybridized carbons (Fsp3) is 0.630. The van der Waals surface area contributed by atoms with Gasteiger partial charge in [-0.05, 0) is 97.5 Å². The minimum atomic E-state index is -4.28. The molecule has 176 valence electrons. The number of benzene rings is 2. The Hall–Kier alpha value is -1.75. The van der Waals surface area contributed by atoms with Crippen LogP contribution in [0.5, 0.6) is 5.75 Å². The molecular formula is C27H36F3NO. The van der Waals surface area contributed by atoms with E-state index in [-0.39, 0.29) is 6.10 Å². The standard InChI is InChI=1S/C27H36F3NO/c1-26(2,3)22-10-13-23(14-11-22)32-24-12-9-19-17-21(8-7-20(19)18-24)25(27(28,29)30)31-15-5-4-6-16-31/h7-9,12,17-18,22-23,25H,4-6,10-11,13-16H2,1-3H3. The van der Waals surface area contributed by atoms with E-state index in [1.807, 2.05) is 24.3 Å². The highest BCUT2D eigenvalue weighted by Gasteiger charge is 2.44. The van der Waals surface area contributed by atoms with Crippen LogP contribution in [0.25, 0.3) is 10.8 Å². The van der Waals surface area contributed by atoms with E-state index in [1.54, 1.807) is 17.0 Å². The SMILES string of the molecule is CC(C)(C)C1CCC(Oc2ccc3cc(C(N4CCCCC4)C(F)(F)F)ccc3c2)CC1. The number of piperidine rings is 1. The highest BCUT2D eigenvalue weighted by Crippen LogP contribution is 2.41. The first-order chi connectivity index (χ1) is 15.1. The third-order valence-corrected chi connectivity index (χ3v) is 7.42. The molecule has 0 amide bonds. The van der Waals surface area contributed by atoms with Crippen LogP contribution in [0, 0.1) is 11.3 Å². The normalized spacial score (nSPS) is 24.4. The first kappa shape index (κ1) is 23.4. The van der Waals surface area contributed by atoms with Crippen molar-refractivity contribution >= 4 is 10.8 Å². The number of halogens is 3. The molecule has 2 nitrogen and oxygen atoms in total. The summed E-state index contributed by atoms with van der Waals surface area (Å²) in [6.07, 6.45) is 3.10. The van der Waals surface area contributed by atoms with E-state index in [4.69, 9.17) is 4.74 Å². The summed E-state index contributed by atoms with van der Waals surface area (Å²) in [5.74, 6) is 1.55. The van der Waals surface area contributed by atoms with Crippen LogP contribution >= 0.6 is 0 Å². The zero-order valence-electron chi connectivity index (χ0n) is 19.5. The maximum atomic E-state index is 14.0. The Morgan fingerprint density at radius 2 is 1.47 bits per heavy atom. The number of ether oxygens (including phenoxy) is 1. The molecule has 1 aliphatic heterocycles. The summed E-state index contributed by atoms with van der Waals surface area (Å²) in [6.45, 7) is 7.94. The molecule has 2 aromatic carbocycles. The van der Waals surface area contributed by atoms with Gasteiger partial charge < -0.3 is 4.74 Å². The molecule has 1 atom stereocenters. The number of hydrogen-bond acceptors (Lipinski definition) is 2. The molecule has 5 heteroatoms. The van der Waals surface area contributed by atoms with Gasteiger partial charge in [-0.3, -0.25) is 4.90 Å². The van der Waals surface area contributed by atoms with E-state index >= 15 is 0 Å². The molecule has 0 radical (unpaired) electrons. The highest BCUT2D eigenvalue weighted by atomic mass is 19.4. The van der Waals surface area contributed by atoms with E-state index in [9.17, 15) is 13.2 Å². The van der Waals surface area contributed by atoms with E-state index in [0.717, 1.165) is 54.5 Å². The van der Waals surface area contributed by atoms with Crippen molar-refractivity contribution in [2.24, 2.45) is 11.3 Å². The van der Waals surface area contributed by atoms with Gasteiger partial charge >= 0.3 is 6.18 Å². The summed E-state index contributed by atoms with van der Waals surface area (Å²) >= 11 is 0. The molecule has 2 aliphatic rings. The second-order valence-electron chi connectivity index (χ2n) is 10.8. The van der Waals surface area contributed by atoms with E-state index < -0.39 is 12.2 Å². The minimum absolute atomic E-state index is 0.221. The Morgan fingerprint density at radius 1 is 0.844 bits per heavy atom. The summed E-state index contributed by atoms with van der Waals surface area (Å²) in [7, 11) is 0. The molecule has 1 heterocycles. The molecule has 2 aromatic rings. The maximum Gasteiger partial charge on any atom is 0.408 e. The zero-order chi connectivity index (χ0) is 22.9. The lowest BCUT2D eigenvalue weighted by Crippen LogP contribution is -2.41. The quantitative estimate of drug-likeness (QED) is 0.472. The maximum absolute atomic E-state index is 14.0. The largest absolute Gasteiger partial charge is 0.490 e. The topological polar surface area (TPSA) is 12.5 Å². The molecule has 2 fully saturated rings. The predicted octanol–water partition coefficient (Wildman–Crippen LogP) is 7.91. The van der Waals surface area contributed by atoms with Crippen molar-refractivity contribution in [2.45, 2.75) is 84.0 Å². The van der Waals surface area contributed by atoms with Crippen molar-refractivity contribution in [3.63, 3.8) is 0 Å². The van der Waals surface area contributed by atoms with Crippen molar-refractivity contribution in [1.82, 2.24) is 4.90 Å². The molecule has 1 unspecified atom stereocenters. The van der Waals surface area contributed by atoms with E-state index in [0.29, 0.717) is 24.1 Å². The summed E-state index contributed by atoms with van der Waals surface area (Å²) in [5.41, 5.74) is 0.676. The van der Waals surface area contributed by atoms with Gasteiger partial charge in [0.15, 0.2) is 0 Å². The van der Waals surface area contributed by atoms with Gasteiger partial charge in [-0.25, -0.2) is 0 Å². The van der Waals surface area contributed by atoms with Crippen molar-refractivity contribution in [3.05, 3.63) is 42.0 Å². The summed E-state index contributed by atoms with van der Waals surface area (Å²) in [5, 5.41) is 1.76. The van der Waals surface area contributed by atoms with Gasteiger partial charge in [0.2, 0.25) is 0 Å². The molecule has 0 aromatic heterocycles. The van der Waals surface area contributed by atoms with Crippen LogP contribution in [0.1, 0.15) is 77.3 Å². The van der Waals surface area contributed by atoms with Crippen molar-refractivity contribution < 1.29 is 17.9 Å². The van der Waals surface area contributed by atoms with Crippen LogP contribution < -0.4 is 4.74 Å². The van der Waals surface area contributed by atoms with Crippen LogP contribution in [0.3, 0.4) is 0 Å². The van der Waals surface area contributed by atoms with Gasteiger partial charge in [0.1, 0.15) is 11.8 Å². The average Bonchev–Trinajstić information content (AvgIpc) is 2.73. The van der Waals surface area contributed by atoms with E-state index in [1.165, 1.54) is 12.8 Å². The Balaban J connectivity index is 1.48. The number of alkyl halides is 3. The van der Waals surface area contributed by atoms with Gasteiger partial charge in [0.05, 0.1) is 6.10 Å². The molecule has 1 saturated heterocycles. The van der Waals surface area contributed by atoms with Crippen LogP contribution in [0.15, 0.2) is 36.4 Å². The molecule has 0 spiro atoms. The molecular weight excluding hydrogens is 411 g/mol. The van der Waals surface area contributed by atoms with Crippen molar-refractivity contribution in [1.29, 1.82) is 0 Å². The smallest absolute Gasteiger partial charge is 0.408 e. The number of fused-ring (bicyclic) bond motifs is 1. The summed E-state index contributed by atoms with van der Waals surface area (Å²) < 4.78 is 48.1. The lowest BCUT2D eigenvalue weighted by atomic mass is 9.72. The fourth-order valence-corrected chi connectivity index (χ4v) is 5.51. The fourth-order valence-electron chi connectivity index (χ4n) is 5.51. The first-order valence-electron chi connectivity index (χ1n) is 12.1. The van der Waals surface area contributed by atoms with Crippen LogP contribution in [-0.4, -0.2) is 30.3 Å². The third-order valence-electron chi connectivity index (χ3n) is 7.42. The molecule has 0 N–H and O–H groups in total. The molecule has 1 aliphatic carbocycles. The number of likely N-dealkylation sites (tertiary alicyclic amines) is 1. The Morgan fingerprint density at radius 3 is 2.09 bits per heavy atom. The second kappa shape index (κ2) is 9.24. The number of rotatable bonds is 4. The first-order valence-corrected chi connectivity index (χ1v) is 12.1. The predicted molar refractivity (Wildman–Crippen MR) is 124 cm³/mol. The van der Waals surface area contributed by atoms with Gasteiger partial charge in [-0.1, -0.05) is 45.4 Å². The van der Waals surface area contributed by atoms with Crippen LogP contribution in [0.2, 0.25) is 0 Å². The van der Waals surface area contributed by atoms with E-state index in [2.05, 4.69) is 20.8 Å². The Labute approximate surface area is 190 Å². The molecule has 32 heavy (non-hydrogen) atoms. The summed E-state index contributed by atoms with van der Waals surface area (Å²) in [6, 6.07) is 9.42. The van der Waals surface area contributed by atoms with Crippen LogP contribution in [-0.2, 0) is 0 Å². The summed E-state index contributed by atoms with van der Waals surface area (Å²) in [4.78, 5) is 1.59. The Bertz CT molecular complexity index is 903. The molecule has 0 bridgehead atoms.